The van der Waals surface area contributed by atoms with E-state index in [0.29, 0.717) is 85.8 Å². The number of benzene rings is 2. The molecule has 0 aromatic heterocycles. The van der Waals surface area contributed by atoms with Crippen LogP contribution < -0.4 is 23.8 Å². The molecule has 3 fully saturated rings. The van der Waals surface area contributed by atoms with Crippen LogP contribution in [-0.2, 0) is 11.3 Å². The van der Waals surface area contributed by atoms with Gasteiger partial charge in [-0.25, -0.2) is 9.69 Å². The lowest BCUT2D eigenvalue weighted by Gasteiger charge is -2.40. The molecule has 1 N–H and O–H groups in total. The molecule has 14 heteroatoms. The van der Waals surface area contributed by atoms with Gasteiger partial charge in [-0.15, -0.1) is 0 Å². The number of aliphatic imine (C=N–C) groups is 1. The topological polar surface area (TPSA) is 123 Å². The first-order valence-electron chi connectivity index (χ1n) is 19.2. The third-order valence-electron chi connectivity index (χ3n) is 11.0. The minimum atomic E-state index is -1.12. The number of aliphatic hydroxyl groups excluding tert-OH is 1. The number of hydrogen-bond acceptors (Lipinski definition) is 12. The Balaban J connectivity index is 0.979. The summed E-state index contributed by atoms with van der Waals surface area (Å²) in [7, 11) is 6.77. The van der Waals surface area contributed by atoms with Crippen molar-refractivity contribution in [2.24, 2.45) is 4.99 Å². The second-order valence-corrected chi connectivity index (χ2v) is 18.0. The molecule has 4 aliphatic heterocycles. The van der Waals surface area contributed by atoms with E-state index in [4.69, 9.17) is 23.7 Å². The number of ether oxygens (including phenoxy) is 5. The molecule has 1 unspecified atom stereocenters. The summed E-state index contributed by atoms with van der Waals surface area (Å²) in [6, 6.07) is 6.82. The van der Waals surface area contributed by atoms with Crippen molar-refractivity contribution in [3.05, 3.63) is 59.7 Å². The van der Waals surface area contributed by atoms with Crippen LogP contribution in [0.25, 0.3) is 0 Å². The van der Waals surface area contributed by atoms with Gasteiger partial charge < -0.3 is 33.7 Å². The van der Waals surface area contributed by atoms with Crippen LogP contribution in [0.1, 0.15) is 74.2 Å². The van der Waals surface area contributed by atoms with E-state index >= 15 is 0 Å². The van der Waals surface area contributed by atoms with Gasteiger partial charge in [-0.1, -0.05) is 59.2 Å². The van der Waals surface area contributed by atoms with Crippen LogP contribution in [0.2, 0.25) is 0 Å². The van der Waals surface area contributed by atoms with Gasteiger partial charge in [0.15, 0.2) is 29.2 Å². The van der Waals surface area contributed by atoms with Crippen molar-refractivity contribution in [1.29, 1.82) is 0 Å². The minimum Gasteiger partial charge on any atom is -0.493 e. The van der Waals surface area contributed by atoms with Gasteiger partial charge in [0, 0.05) is 43.7 Å². The smallest absolute Gasteiger partial charge is 0.416 e. The summed E-state index contributed by atoms with van der Waals surface area (Å²) in [5.41, 5.74) is 4.51. The summed E-state index contributed by atoms with van der Waals surface area (Å²) >= 11 is 0. The number of amides is 2. The van der Waals surface area contributed by atoms with Crippen LogP contribution in [0, 0.1) is 0 Å². The van der Waals surface area contributed by atoms with Crippen LogP contribution in [-0.4, -0.2) is 109 Å². The average molecular weight is 793 g/mol. The van der Waals surface area contributed by atoms with E-state index in [9.17, 15) is 14.7 Å². The van der Waals surface area contributed by atoms with Gasteiger partial charge in [0.2, 0.25) is 0 Å². The maximum absolute atomic E-state index is 13.9. The number of fused-ring (bicyclic) bond motifs is 4. The highest BCUT2D eigenvalue weighted by Gasteiger charge is 2.45. The molecule has 0 radical (unpaired) electrons. The van der Waals surface area contributed by atoms with Crippen molar-refractivity contribution in [1.82, 2.24) is 9.80 Å². The van der Waals surface area contributed by atoms with Crippen molar-refractivity contribution < 1.29 is 38.4 Å². The molecule has 5 aliphatic rings. The number of carbonyl (C=O) groups excluding carboxylic acids is 2. The van der Waals surface area contributed by atoms with E-state index in [1.54, 1.807) is 58.9 Å². The van der Waals surface area contributed by atoms with Gasteiger partial charge in [0.1, 0.15) is 6.61 Å². The lowest BCUT2D eigenvalue weighted by atomic mass is 9.85. The van der Waals surface area contributed by atoms with Crippen LogP contribution in [0.3, 0.4) is 0 Å². The molecular weight excluding hydrogens is 741 g/mol. The average Bonchev–Trinajstić information content (AvgIpc) is 3.67. The van der Waals surface area contributed by atoms with Gasteiger partial charge in [-0.3, -0.25) is 14.7 Å². The number of hydrogen-bond donors (Lipinski definition) is 1. The van der Waals surface area contributed by atoms with Gasteiger partial charge in [0.25, 0.3) is 5.91 Å². The molecule has 2 aromatic carbocycles. The molecule has 3 atom stereocenters. The molecular formula is C41H52N4O8S2. The number of aliphatic hydroxyl groups is 1. The fourth-order valence-electron chi connectivity index (χ4n) is 7.93. The molecule has 2 aromatic rings. The molecule has 55 heavy (non-hydrogen) atoms. The number of rotatable bonds is 15. The highest BCUT2D eigenvalue weighted by Crippen LogP contribution is 2.50. The predicted molar refractivity (Wildman–Crippen MR) is 218 cm³/mol. The molecule has 1 saturated carbocycles. The Kier molecular flexibility index (Phi) is 12.3. The van der Waals surface area contributed by atoms with Gasteiger partial charge in [0.05, 0.1) is 61.2 Å². The zero-order chi connectivity index (χ0) is 38.7. The summed E-state index contributed by atoms with van der Waals surface area (Å²) in [5.74, 6) is 2.99. The molecule has 0 bridgehead atoms. The standard InChI is InChI=1S/C41H52N4O8S2/c1-6-54-55-41(11-10-12-41)25-53-40(48)45-32-20-37(34(49-4)17-28(32)24-43-22-27(3)16-33(43)39(45)47)52-14-9-7-8-13-51-36-19-31-30(18-35(36)50-5)38(46)44-23-26(2)15-29(44)21-42-31/h17-21,29,33,39,47H,2-3,6-16,22-25H2,1,4-5H3/t29-,33-,39?/m0/s1. The van der Waals surface area contributed by atoms with Crippen LogP contribution in [0.5, 0.6) is 23.0 Å². The Hall–Kier alpha value is -3.85. The van der Waals surface area contributed by atoms with Crippen molar-refractivity contribution >= 4 is 51.2 Å². The van der Waals surface area contributed by atoms with Crippen LogP contribution >= 0.6 is 21.6 Å². The fraction of sp³-hybridized carbons (Fsp3) is 0.537. The number of anilines is 1. The Labute approximate surface area is 331 Å². The zero-order valence-corrected chi connectivity index (χ0v) is 33.7. The third-order valence-corrected chi connectivity index (χ3v) is 14.4. The van der Waals surface area contributed by atoms with E-state index < -0.39 is 12.3 Å². The van der Waals surface area contributed by atoms with Crippen molar-refractivity contribution in [2.45, 2.75) is 87.9 Å². The number of nitrogens with zero attached hydrogens (tertiary/aromatic N) is 4. The van der Waals surface area contributed by atoms with Gasteiger partial charge >= 0.3 is 6.09 Å². The Morgan fingerprint density at radius 3 is 2.35 bits per heavy atom. The molecule has 296 valence electrons. The number of carbonyl (C=O) groups is 2. The lowest BCUT2D eigenvalue weighted by molar-refractivity contribution is 0.0603. The van der Waals surface area contributed by atoms with Crippen LogP contribution in [0.15, 0.2) is 53.6 Å². The lowest BCUT2D eigenvalue weighted by Crippen LogP contribution is -2.51. The first-order chi connectivity index (χ1) is 26.6. The molecule has 7 rings (SSSR count). The maximum Gasteiger partial charge on any atom is 0.416 e. The Morgan fingerprint density at radius 2 is 1.65 bits per heavy atom. The molecule has 12 nitrogen and oxygen atoms in total. The molecule has 2 amide bonds. The second kappa shape index (κ2) is 17.1. The number of unbranched alkanes of at least 4 members (excludes halogenated alkanes) is 2. The first-order valence-corrected chi connectivity index (χ1v) is 21.5. The molecule has 2 saturated heterocycles. The van der Waals surface area contributed by atoms with Crippen molar-refractivity contribution in [3.63, 3.8) is 0 Å². The molecule has 4 heterocycles. The largest absolute Gasteiger partial charge is 0.493 e. The second-order valence-electron chi connectivity index (χ2n) is 14.9. The minimum absolute atomic E-state index is 0.0827. The molecule has 1 aliphatic carbocycles. The summed E-state index contributed by atoms with van der Waals surface area (Å²) in [6.45, 7) is 13.2. The third kappa shape index (κ3) is 8.33. The number of methoxy groups -OCH3 is 2. The highest BCUT2D eigenvalue weighted by atomic mass is 33.1. The predicted octanol–water partition coefficient (Wildman–Crippen LogP) is 7.55. The monoisotopic (exact) mass is 792 g/mol. The fourth-order valence-corrected chi connectivity index (χ4v) is 10.6. The van der Waals surface area contributed by atoms with E-state index in [0.717, 1.165) is 67.4 Å². The van der Waals surface area contributed by atoms with E-state index in [1.807, 2.05) is 12.3 Å². The first kappa shape index (κ1) is 39.4. The summed E-state index contributed by atoms with van der Waals surface area (Å²) in [5, 5.41) is 11.8. The van der Waals surface area contributed by atoms with Crippen LogP contribution in [0.4, 0.5) is 16.2 Å². The van der Waals surface area contributed by atoms with E-state index in [1.165, 1.54) is 4.90 Å². The van der Waals surface area contributed by atoms with Crippen molar-refractivity contribution in [2.75, 3.05) is 57.8 Å². The van der Waals surface area contributed by atoms with Gasteiger partial charge in [-0.2, -0.15) is 0 Å². The Morgan fingerprint density at radius 1 is 0.945 bits per heavy atom. The normalized spacial score (nSPS) is 22.5. The highest BCUT2D eigenvalue weighted by molar-refractivity contribution is 8.77. The SMILES string of the molecule is C=C1C[C@H]2C(O)N(C(=O)OCC3(SSCC)CCC3)c3cc(OCCCCCOc4cc5c(cc4OC)C(=O)N4CC(=C)C[C@H]4C=N5)c(OC)cc3CN2C1. The summed E-state index contributed by atoms with van der Waals surface area (Å²) in [6.07, 6.45) is 6.92. The zero-order valence-electron chi connectivity index (χ0n) is 32.0. The van der Waals surface area contributed by atoms with Gasteiger partial charge in [-0.05, 0) is 62.6 Å². The Bertz CT molecular complexity index is 1830. The van der Waals surface area contributed by atoms with E-state index in [2.05, 4.69) is 30.0 Å². The maximum atomic E-state index is 13.9. The summed E-state index contributed by atoms with van der Waals surface area (Å²) in [4.78, 5) is 37.2. The van der Waals surface area contributed by atoms with Crippen molar-refractivity contribution in [3.8, 4) is 23.0 Å². The quantitative estimate of drug-likeness (QED) is 0.109. The summed E-state index contributed by atoms with van der Waals surface area (Å²) < 4.78 is 29.7. The van der Waals surface area contributed by atoms with E-state index in [-0.39, 0.29) is 22.7 Å². The molecule has 0 spiro atoms.